The van der Waals surface area contributed by atoms with Gasteiger partial charge in [-0.2, -0.15) is 0 Å². The Labute approximate surface area is 127 Å². The summed E-state index contributed by atoms with van der Waals surface area (Å²) in [5.41, 5.74) is 1.58. The lowest BCUT2D eigenvalue weighted by Crippen LogP contribution is -2.44. The number of halogens is 2. The van der Waals surface area contributed by atoms with Crippen molar-refractivity contribution in [2.75, 3.05) is 18.4 Å². The molecule has 0 bridgehead atoms. The van der Waals surface area contributed by atoms with Gasteiger partial charge in [-0.1, -0.05) is 0 Å². The monoisotopic (exact) mass is 342 g/mol. The van der Waals surface area contributed by atoms with Crippen molar-refractivity contribution in [1.29, 1.82) is 0 Å². The molecule has 0 aromatic heterocycles. The molecular formula is C15H20BrFN2O. The third-order valence-corrected chi connectivity index (χ3v) is 4.29. The average Bonchev–Trinajstić information content (AvgIpc) is 2.44. The predicted molar refractivity (Wildman–Crippen MR) is 82.4 cm³/mol. The van der Waals surface area contributed by atoms with E-state index in [2.05, 4.69) is 21.2 Å². The molecule has 20 heavy (non-hydrogen) atoms. The number of nitrogens with zero attached hydrogens (tertiary/aromatic N) is 1. The van der Waals surface area contributed by atoms with Gasteiger partial charge in [0.1, 0.15) is 11.9 Å². The number of aryl methyl sites for hydroxylation is 1. The zero-order valence-corrected chi connectivity index (χ0v) is 13.5. The van der Waals surface area contributed by atoms with Crippen LogP contribution in [0, 0.1) is 12.7 Å². The minimum atomic E-state index is -0.302. The van der Waals surface area contributed by atoms with Gasteiger partial charge in [-0.3, -0.25) is 4.79 Å². The third-order valence-electron chi connectivity index (χ3n) is 3.68. The SMILES string of the molecule is Cc1cc(F)c(Br)cc1NC(C)C(=O)N1CCCCC1. The standard InChI is InChI=1S/C15H20BrFN2O/c1-10-8-13(17)12(16)9-14(10)18-11(2)15(20)19-6-4-3-5-7-19/h8-9,11,18H,3-7H2,1-2H3. The normalized spacial score (nSPS) is 16.9. The van der Waals surface area contributed by atoms with Crippen LogP contribution in [0.15, 0.2) is 16.6 Å². The fraction of sp³-hybridized carbons (Fsp3) is 0.533. The number of benzene rings is 1. The highest BCUT2D eigenvalue weighted by atomic mass is 79.9. The number of rotatable bonds is 3. The number of nitrogens with one attached hydrogen (secondary N) is 1. The van der Waals surface area contributed by atoms with E-state index >= 15 is 0 Å². The molecule has 1 amide bonds. The van der Waals surface area contributed by atoms with Gasteiger partial charge in [0.25, 0.3) is 0 Å². The fourth-order valence-corrected chi connectivity index (χ4v) is 2.83. The lowest BCUT2D eigenvalue weighted by atomic mass is 10.1. The van der Waals surface area contributed by atoms with Crippen molar-refractivity contribution in [2.24, 2.45) is 0 Å². The summed E-state index contributed by atoms with van der Waals surface area (Å²) >= 11 is 3.17. The summed E-state index contributed by atoms with van der Waals surface area (Å²) in [4.78, 5) is 14.3. The number of likely N-dealkylation sites (tertiary alicyclic amines) is 1. The van der Waals surface area contributed by atoms with Crippen molar-refractivity contribution in [3.05, 3.63) is 28.0 Å². The van der Waals surface area contributed by atoms with E-state index in [0.29, 0.717) is 4.47 Å². The van der Waals surface area contributed by atoms with Crippen molar-refractivity contribution < 1.29 is 9.18 Å². The molecule has 1 saturated heterocycles. The van der Waals surface area contributed by atoms with Gasteiger partial charge in [0.15, 0.2) is 0 Å². The summed E-state index contributed by atoms with van der Waals surface area (Å²) in [6.45, 7) is 5.37. The van der Waals surface area contributed by atoms with Crippen LogP contribution >= 0.6 is 15.9 Å². The van der Waals surface area contributed by atoms with Crippen LogP contribution in [0.2, 0.25) is 0 Å². The molecule has 0 saturated carbocycles. The number of piperidine rings is 1. The molecule has 1 fully saturated rings. The summed E-state index contributed by atoms with van der Waals surface area (Å²) in [6.07, 6.45) is 3.37. The van der Waals surface area contributed by atoms with Crippen molar-refractivity contribution in [2.45, 2.75) is 39.2 Å². The van der Waals surface area contributed by atoms with Gasteiger partial charge in [0.05, 0.1) is 4.47 Å². The van der Waals surface area contributed by atoms with Crippen LogP contribution in [0.25, 0.3) is 0 Å². The first-order valence-corrected chi connectivity index (χ1v) is 7.79. The molecule has 1 aromatic rings. The van der Waals surface area contributed by atoms with E-state index in [9.17, 15) is 9.18 Å². The van der Waals surface area contributed by atoms with Crippen LogP contribution in [0.3, 0.4) is 0 Å². The molecule has 1 heterocycles. The van der Waals surface area contributed by atoms with Crippen LogP contribution in [-0.4, -0.2) is 29.9 Å². The second kappa shape index (κ2) is 6.57. The number of carbonyl (C=O) groups is 1. The summed E-state index contributed by atoms with van der Waals surface area (Å²) in [5, 5.41) is 3.19. The lowest BCUT2D eigenvalue weighted by molar-refractivity contribution is -0.132. The molecule has 1 aliphatic rings. The molecule has 0 spiro atoms. The lowest BCUT2D eigenvalue weighted by Gasteiger charge is -2.30. The van der Waals surface area contributed by atoms with Crippen molar-refractivity contribution in [3.63, 3.8) is 0 Å². The topological polar surface area (TPSA) is 32.3 Å². The summed E-state index contributed by atoms with van der Waals surface area (Å²) in [7, 11) is 0. The van der Waals surface area contributed by atoms with Crippen LogP contribution in [0.5, 0.6) is 0 Å². The fourth-order valence-electron chi connectivity index (χ4n) is 2.48. The Morgan fingerprint density at radius 2 is 2.00 bits per heavy atom. The Morgan fingerprint density at radius 1 is 1.35 bits per heavy atom. The summed E-state index contributed by atoms with van der Waals surface area (Å²) in [5.74, 6) is -0.174. The molecule has 3 nitrogen and oxygen atoms in total. The predicted octanol–water partition coefficient (Wildman–Crippen LogP) is 3.71. The number of anilines is 1. The quantitative estimate of drug-likeness (QED) is 0.907. The number of amides is 1. The number of carbonyl (C=O) groups excluding carboxylic acids is 1. The highest BCUT2D eigenvalue weighted by molar-refractivity contribution is 9.10. The smallest absolute Gasteiger partial charge is 0.244 e. The maximum atomic E-state index is 13.4. The van der Waals surface area contributed by atoms with Crippen LogP contribution in [0.4, 0.5) is 10.1 Å². The maximum Gasteiger partial charge on any atom is 0.244 e. The minimum absolute atomic E-state index is 0.115. The van der Waals surface area contributed by atoms with E-state index in [-0.39, 0.29) is 17.8 Å². The highest BCUT2D eigenvalue weighted by Gasteiger charge is 2.22. The molecule has 0 radical (unpaired) electrons. The molecule has 1 atom stereocenters. The van der Waals surface area contributed by atoms with Gasteiger partial charge < -0.3 is 10.2 Å². The van der Waals surface area contributed by atoms with Crippen LogP contribution in [0.1, 0.15) is 31.7 Å². The molecule has 0 aliphatic carbocycles. The van der Waals surface area contributed by atoms with Crippen molar-refractivity contribution in [1.82, 2.24) is 4.90 Å². The van der Waals surface area contributed by atoms with Crippen molar-refractivity contribution >= 4 is 27.5 Å². The zero-order chi connectivity index (χ0) is 14.7. The Bertz CT molecular complexity index is 501. The summed E-state index contributed by atoms with van der Waals surface area (Å²) in [6, 6.07) is 2.85. The molecular weight excluding hydrogens is 323 g/mol. The molecule has 1 aliphatic heterocycles. The second-order valence-corrected chi connectivity index (χ2v) is 6.19. The van der Waals surface area contributed by atoms with E-state index in [0.717, 1.165) is 37.2 Å². The Kier molecular flexibility index (Phi) is 5.02. The maximum absolute atomic E-state index is 13.4. The zero-order valence-electron chi connectivity index (χ0n) is 11.9. The van der Waals surface area contributed by atoms with Gasteiger partial charge in [-0.05, 0) is 66.7 Å². The third kappa shape index (κ3) is 3.51. The first kappa shape index (κ1) is 15.3. The van der Waals surface area contributed by atoms with E-state index in [4.69, 9.17) is 0 Å². The second-order valence-electron chi connectivity index (χ2n) is 5.33. The number of hydrogen-bond acceptors (Lipinski definition) is 2. The van der Waals surface area contributed by atoms with E-state index < -0.39 is 0 Å². The van der Waals surface area contributed by atoms with Crippen LogP contribution < -0.4 is 5.32 Å². The Balaban J connectivity index is 2.05. The summed E-state index contributed by atoms with van der Waals surface area (Å²) < 4.78 is 13.8. The number of hydrogen-bond donors (Lipinski definition) is 1. The molecule has 5 heteroatoms. The molecule has 1 aromatic carbocycles. The van der Waals surface area contributed by atoms with Crippen LogP contribution in [-0.2, 0) is 4.79 Å². The molecule has 2 rings (SSSR count). The van der Waals surface area contributed by atoms with Gasteiger partial charge in [-0.15, -0.1) is 0 Å². The van der Waals surface area contributed by atoms with E-state index in [1.807, 2.05) is 18.7 Å². The van der Waals surface area contributed by atoms with Gasteiger partial charge >= 0.3 is 0 Å². The van der Waals surface area contributed by atoms with Gasteiger partial charge in [0, 0.05) is 18.8 Å². The Morgan fingerprint density at radius 3 is 2.65 bits per heavy atom. The average molecular weight is 343 g/mol. The first-order chi connectivity index (χ1) is 9.49. The molecule has 1 N–H and O–H groups in total. The van der Waals surface area contributed by atoms with Gasteiger partial charge in [0.2, 0.25) is 5.91 Å². The van der Waals surface area contributed by atoms with Crippen molar-refractivity contribution in [3.8, 4) is 0 Å². The minimum Gasteiger partial charge on any atom is -0.374 e. The van der Waals surface area contributed by atoms with Gasteiger partial charge in [-0.25, -0.2) is 4.39 Å². The highest BCUT2D eigenvalue weighted by Crippen LogP contribution is 2.25. The molecule has 110 valence electrons. The largest absolute Gasteiger partial charge is 0.374 e. The molecule has 1 unspecified atom stereocenters. The van der Waals surface area contributed by atoms with E-state index in [1.54, 1.807) is 6.07 Å². The van der Waals surface area contributed by atoms with E-state index in [1.165, 1.54) is 12.5 Å². The first-order valence-electron chi connectivity index (χ1n) is 7.00. The Hall–Kier alpha value is -1.10.